The van der Waals surface area contributed by atoms with Gasteiger partial charge in [-0.1, -0.05) is 42.3 Å². The zero-order valence-electron chi connectivity index (χ0n) is 13.1. The molecule has 0 atom stereocenters. The molecule has 116 valence electrons. The highest BCUT2D eigenvalue weighted by Crippen LogP contribution is 2.37. The Morgan fingerprint density at radius 3 is 2.64 bits per heavy atom. The molecule has 1 aromatic heterocycles. The van der Waals surface area contributed by atoms with E-state index in [1.165, 1.54) is 0 Å². The number of carbonyl (C=O) groups excluding carboxylic acids is 1. The zero-order chi connectivity index (χ0) is 15.6. The van der Waals surface area contributed by atoms with Crippen molar-refractivity contribution < 1.29 is 9.32 Å². The fourth-order valence-electron chi connectivity index (χ4n) is 3.17. The van der Waals surface area contributed by atoms with Gasteiger partial charge in [-0.05, 0) is 30.9 Å². The van der Waals surface area contributed by atoms with Gasteiger partial charge in [-0.3, -0.25) is 4.79 Å². The summed E-state index contributed by atoms with van der Waals surface area (Å²) < 4.78 is 5.11. The second-order valence-electron chi connectivity index (χ2n) is 6.08. The van der Waals surface area contributed by atoms with Crippen LogP contribution >= 0.6 is 0 Å². The molecule has 0 spiro atoms. The van der Waals surface area contributed by atoms with Gasteiger partial charge in [0.1, 0.15) is 5.54 Å². The first-order valence-corrected chi connectivity index (χ1v) is 7.75. The highest BCUT2D eigenvalue weighted by molar-refractivity contribution is 5.79. The van der Waals surface area contributed by atoms with Crippen LogP contribution in [0.25, 0.3) is 0 Å². The van der Waals surface area contributed by atoms with E-state index >= 15 is 0 Å². The minimum atomic E-state index is -0.461. The Bertz CT molecular complexity index is 672. The molecule has 1 aliphatic carbocycles. The van der Waals surface area contributed by atoms with Crippen LogP contribution in [0.3, 0.4) is 0 Å². The van der Waals surface area contributed by atoms with Crippen molar-refractivity contribution in [2.75, 3.05) is 0 Å². The van der Waals surface area contributed by atoms with Crippen molar-refractivity contribution >= 4 is 5.91 Å². The predicted octanol–water partition coefficient (Wildman–Crippen LogP) is 2.81. The Balaban J connectivity index is 1.77. The van der Waals surface area contributed by atoms with Crippen molar-refractivity contribution in [1.29, 1.82) is 0 Å². The van der Waals surface area contributed by atoms with Gasteiger partial charge in [0.25, 0.3) is 0 Å². The van der Waals surface area contributed by atoms with Crippen molar-refractivity contribution in [3.63, 3.8) is 0 Å². The zero-order valence-corrected chi connectivity index (χ0v) is 13.1. The van der Waals surface area contributed by atoms with Crippen molar-refractivity contribution in [2.45, 2.75) is 51.5 Å². The van der Waals surface area contributed by atoms with Crippen LogP contribution in [-0.4, -0.2) is 16.0 Å². The molecular formula is C17H21N3O2. The summed E-state index contributed by atoms with van der Waals surface area (Å²) in [4.78, 5) is 16.9. The second kappa shape index (κ2) is 5.91. The molecule has 5 heteroatoms. The topological polar surface area (TPSA) is 68.0 Å². The lowest BCUT2D eigenvalue weighted by molar-refractivity contribution is -0.122. The Morgan fingerprint density at radius 1 is 1.27 bits per heavy atom. The van der Waals surface area contributed by atoms with Crippen molar-refractivity contribution in [1.82, 2.24) is 15.5 Å². The van der Waals surface area contributed by atoms with Gasteiger partial charge < -0.3 is 9.84 Å². The van der Waals surface area contributed by atoms with E-state index in [1.54, 1.807) is 6.92 Å². The summed E-state index contributed by atoms with van der Waals surface area (Å²) >= 11 is 0. The summed E-state index contributed by atoms with van der Waals surface area (Å²) in [6.45, 7) is 3.80. The van der Waals surface area contributed by atoms with E-state index in [0.29, 0.717) is 18.1 Å². The number of benzene rings is 1. The predicted molar refractivity (Wildman–Crippen MR) is 82.2 cm³/mol. The summed E-state index contributed by atoms with van der Waals surface area (Å²) in [5.74, 6) is 1.16. The van der Waals surface area contributed by atoms with E-state index in [9.17, 15) is 4.79 Å². The number of rotatable bonds is 4. The van der Waals surface area contributed by atoms with Gasteiger partial charge in [-0.2, -0.15) is 4.98 Å². The SMILES string of the molecule is Cc1nc(C2(NC(=O)Cc3ccccc3C)CCCC2)no1. The number of aryl methyl sites for hydroxylation is 2. The van der Waals surface area contributed by atoms with Crippen LogP contribution in [0.15, 0.2) is 28.8 Å². The maximum absolute atomic E-state index is 12.5. The molecule has 22 heavy (non-hydrogen) atoms. The minimum absolute atomic E-state index is 0.0126. The maximum Gasteiger partial charge on any atom is 0.225 e. The van der Waals surface area contributed by atoms with Crippen LogP contribution in [0.2, 0.25) is 0 Å². The third-order valence-corrected chi connectivity index (χ3v) is 4.40. The molecule has 2 aromatic rings. The number of nitrogens with one attached hydrogen (secondary N) is 1. The van der Waals surface area contributed by atoms with Gasteiger partial charge in [0.2, 0.25) is 11.8 Å². The van der Waals surface area contributed by atoms with Crippen LogP contribution in [0.1, 0.15) is 48.5 Å². The first-order valence-electron chi connectivity index (χ1n) is 7.75. The highest BCUT2D eigenvalue weighted by Gasteiger charge is 2.41. The molecule has 1 amide bonds. The van der Waals surface area contributed by atoms with Gasteiger partial charge >= 0.3 is 0 Å². The van der Waals surface area contributed by atoms with Crippen LogP contribution in [0.5, 0.6) is 0 Å². The number of hydrogen-bond acceptors (Lipinski definition) is 4. The standard InChI is InChI=1S/C17H21N3O2/c1-12-7-3-4-8-14(12)11-15(21)19-17(9-5-6-10-17)16-18-13(2)22-20-16/h3-4,7-8H,5-6,9-11H2,1-2H3,(H,19,21). The molecule has 1 N–H and O–H groups in total. The molecule has 1 aliphatic rings. The van der Waals surface area contributed by atoms with Gasteiger partial charge in [-0.15, -0.1) is 0 Å². The Labute approximate surface area is 130 Å². The van der Waals surface area contributed by atoms with Gasteiger partial charge in [0.05, 0.1) is 6.42 Å². The van der Waals surface area contributed by atoms with Crippen LogP contribution in [-0.2, 0) is 16.8 Å². The number of hydrogen-bond donors (Lipinski definition) is 1. The van der Waals surface area contributed by atoms with Crippen molar-refractivity contribution in [3.05, 3.63) is 47.1 Å². The van der Waals surface area contributed by atoms with Crippen LogP contribution < -0.4 is 5.32 Å². The molecule has 0 saturated heterocycles. The summed E-state index contributed by atoms with van der Waals surface area (Å²) in [6, 6.07) is 7.96. The van der Waals surface area contributed by atoms with Crippen molar-refractivity contribution in [3.8, 4) is 0 Å². The lowest BCUT2D eigenvalue weighted by Gasteiger charge is -2.27. The van der Waals surface area contributed by atoms with Crippen LogP contribution in [0.4, 0.5) is 0 Å². The molecule has 5 nitrogen and oxygen atoms in total. The fraction of sp³-hybridized carbons (Fsp3) is 0.471. The monoisotopic (exact) mass is 299 g/mol. The van der Waals surface area contributed by atoms with Gasteiger partial charge in [-0.25, -0.2) is 0 Å². The Kier molecular flexibility index (Phi) is 3.96. The van der Waals surface area contributed by atoms with Crippen LogP contribution in [0, 0.1) is 13.8 Å². The lowest BCUT2D eigenvalue weighted by Crippen LogP contribution is -2.45. The van der Waals surface area contributed by atoms with Gasteiger partial charge in [0.15, 0.2) is 5.82 Å². The normalized spacial score (nSPS) is 16.6. The fourth-order valence-corrected chi connectivity index (χ4v) is 3.17. The molecule has 1 heterocycles. The van der Waals surface area contributed by atoms with Crippen molar-refractivity contribution in [2.24, 2.45) is 0 Å². The summed E-state index contributed by atoms with van der Waals surface area (Å²) in [5.41, 5.74) is 1.73. The number of amides is 1. The van der Waals surface area contributed by atoms with E-state index < -0.39 is 5.54 Å². The third kappa shape index (κ3) is 2.89. The number of nitrogens with zero attached hydrogens (tertiary/aromatic N) is 2. The molecule has 1 aromatic carbocycles. The van der Waals surface area contributed by atoms with E-state index in [1.807, 2.05) is 31.2 Å². The summed E-state index contributed by atoms with van der Waals surface area (Å²) in [7, 11) is 0. The van der Waals surface area contributed by atoms with Gasteiger partial charge in [0, 0.05) is 6.92 Å². The summed E-state index contributed by atoms with van der Waals surface area (Å²) in [5, 5.41) is 7.22. The first kappa shape index (κ1) is 14.8. The molecule has 3 rings (SSSR count). The number of carbonyl (C=O) groups is 1. The average molecular weight is 299 g/mol. The molecular weight excluding hydrogens is 278 g/mol. The Morgan fingerprint density at radius 2 is 2.00 bits per heavy atom. The van der Waals surface area contributed by atoms with E-state index in [-0.39, 0.29) is 5.91 Å². The lowest BCUT2D eigenvalue weighted by atomic mass is 9.95. The average Bonchev–Trinajstić information content (AvgIpc) is 3.11. The maximum atomic E-state index is 12.5. The molecule has 0 unspecified atom stereocenters. The largest absolute Gasteiger partial charge is 0.343 e. The molecule has 0 bridgehead atoms. The summed E-state index contributed by atoms with van der Waals surface area (Å²) in [6.07, 6.45) is 4.25. The van der Waals surface area contributed by atoms with E-state index in [0.717, 1.165) is 36.8 Å². The van der Waals surface area contributed by atoms with E-state index in [4.69, 9.17) is 4.52 Å². The minimum Gasteiger partial charge on any atom is -0.343 e. The molecule has 1 fully saturated rings. The second-order valence-corrected chi connectivity index (χ2v) is 6.08. The highest BCUT2D eigenvalue weighted by atomic mass is 16.5. The molecule has 1 saturated carbocycles. The third-order valence-electron chi connectivity index (χ3n) is 4.40. The quantitative estimate of drug-likeness (QED) is 0.942. The Hall–Kier alpha value is -2.17. The molecule has 0 aliphatic heterocycles. The van der Waals surface area contributed by atoms with E-state index in [2.05, 4.69) is 15.5 Å². The smallest absolute Gasteiger partial charge is 0.225 e. The molecule has 0 radical (unpaired) electrons. The number of aromatic nitrogens is 2. The first-order chi connectivity index (χ1) is 10.6.